The third-order valence-electron chi connectivity index (χ3n) is 2.69. The van der Waals surface area contributed by atoms with E-state index in [1.54, 1.807) is 0 Å². The number of hydrogen-bond acceptors (Lipinski definition) is 1. The maximum atomic E-state index is 13.6. The Morgan fingerprint density at radius 2 is 1.67 bits per heavy atom. The van der Waals surface area contributed by atoms with Crippen molar-refractivity contribution in [3.8, 4) is 0 Å². The van der Waals surface area contributed by atoms with Crippen molar-refractivity contribution in [2.24, 2.45) is 0 Å². The summed E-state index contributed by atoms with van der Waals surface area (Å²) in [7, 11) is 0. The van der Waals surface area contributed by atoms with E-state index in [1.807, 2.05) is 4.90 Å². The van der Waals surface area contributed by atoms with Crippen molar-refractivity contribution in [3.63, 3.8) is 0 Å². The number of rotatable bonds is 1. The summed E-state index contributed by atoms with van der Waals surface area (Å²) in [6, 6.07) is 2.46. The van der Waals surface area contributed by atoms with Crippen molar-refractivity contribution >= 4 is 21.6 Å². The van der Waals surface area contributed by atoms with Crippen LogP contribution in [0.3, 0.4) is 0 Å². The van der Waals surface area contributed by atoms with Gasteiger partial charge in [0.25, 0.3) is 0 Å². The van der Waals surface area contributed by atoms with Gasteiger partial charge in [-0.2, -0.15) is 0 Å². The molecule has 1 aromatic carbocycles. The fourth-order valence-corrected chi connectivity index (χ4v) is 2.20. The minimum Gasteiger partial charge on any atom is -0.369 e. The second kappa shape index (κ2) is 4.47. The summed E-state index contributed by atoms with van der Waals surface area (Å²) >= 11 is 2.97. The second-order valence-electron chi connectivity index (χ2n) is 3.77. The zero-order valence-corrected chi connectivity index (χ0v) is 9.86. The molecular weight excluding hydrogens is 264 g/mol. The van der Waals surface area contributed by atoms with E-state index in [-0.39, 0.29) is 10.3 Å². The summed E-state index contributed by atoms with van der Waals surface area (Å²) in [5.41, 5.74) is 0.385. The first-order chi connectivity index (χ1) is 7.18. The lowest BCUT2D eigenvalue weighted by molar-refractivity contribution is 0.548. The predicted molar refractivity (Wildman–Crippen MR) is 60.1 cm³/mol. The number of nitrogens with zero attached hydrogens (tertiary/aromatic N) is 1. The number of anilines is 1. The molecule has 0 bridgehead atoms. The van der Waals surface area contributed by atoms with Crippen LogP contribution >= 0.6 is 15.9 Å². The Bertz CT molecular complexity index is 362. The lowest BCUT2D eigenvalue weighted by Crippen LogP contribution is -2.30. The van der Waals surface area contributed by atoms with Crippen LogP contribution in [0.2, 0.25) is 0 Å². The molecule has 1 aliphatic heterocycles. The molecule has 0 saturated carbocycles. The van der Waals surface area contributed by atoms with Crippen LogP contribution in [-0.2, 0) is 0 Å². The van der Waals surface area contributed by atoms with E-state index < -0.39 is 5.82 Å². The second-order valence-corrected chi connectivity index (χ2v) is 4.62. The monoisotopic (exact) mass is 275 g/mol. The van der Waals surface area contributed by atoms with Gasteiger partial charge in [0.2, 0.25) is 0 Å². The average Bonchev–Trinajstić information content (AvgIpc) is 2.25. The number of hydrogen-bond donors (Lipinski definition) is 0. The van der Waals surface area contributed by atoms with Crippen LogP contribution in [0.1, 0.15) is 19.3 Å². The molecule has 0 N–H and O–H groups in total. The molecule has 1 saturated heterocycles. The van der Waals surface area contributed by atoms with Gasteiger partial charge in [0.1, 0.15) is 11.6 Å². The quantitative estimate of drug-likeness (QED) is 0.707. The molecule has 82 valence electrons. The fourth-order valence-electron chi connectivity index (χ4n) is 1.89. The molecule has 0 aliphatic carbocycles. The van der Waals surface area contributed by atoms with Gasteiger partial charge in [-0.3, -0.25) is 0 Å². The van der Waals surface area contributed by atoms with E-state index >= 15 is 0 Å². The van der Waals surface area contributed by atoms with Crippen molar-refractivity contribution in [1.29, 1.82) is 0 Å². The number of halogens is 3. The van der Waals surface area contributed by atoms with Gasteiger partial charge < -0.3 is 4.90 Å². The molecule has 1 aliphatic rings. The highest BCUT2D eigenvalue weighted by atomic mass is 79.9. The SMILES string of the molecule is Fc1cc(N2CCCCC2)c(F)cc1Br. The molecule has 2 rings (SSSR count). The maximum Gasteiger partial charge on any atom is 0.147 e. The van der Waals surface area contributed by atoms with Gasteiger partial charge in [-0.25, -0.2) is 8.78 Å². The first kappa shape index (κ1) is 10.9. The van der Waals surface area contributed by atoms with Gasteiger partial charge in [0.05, 0.1) is 10.2 Å². The lowest BCUT2D eigenvalue weighted by Gasteiger charge is -2.29. The Morgan fingerprint density at radius 3 is 2.33 bits per heavy atom. The molecule has 0 atom stereocenters. The van der Waals surface area contributed by atoms with Crippen molar-refractivity contribution < 1.29 is 8.78 Å². The van der Waals surface area contributed by atoms with Gasteiger partial charge in [-0.05, 0) is 41.3 Å². The van der Waals surface area contributed by atoms with E-state index in [9.17, 15) is 8.78 Å². The van der Waals surface area contributed by atoms with Gasteiger partial charge >= 0.3 is 0 Å². The zero-order valence-electron chi connectivity index (χ0n) is 8.27. The average molecular weight is 276 g/mol. The molecule has 15 heavy (non-hydrogen) atoms. The summed E-state index contributed by atoms with van der Waals surface area (Å²) in [5.74, 6) is -0.762. The van der Waals surface area contributed by atoms with E-state index in [4.69, 9.17) is 0 Å². The molecule has 1 aromatic rings. The normalized spacial score (nSPS) is 16.9. The zero-order chi connectivity index (χ0) is 10.8. The first-order valence-corrected chi connectivity index (χ1v) is 5.87. The number of benzene rings is 1. The summed E-state index contributed by atoms with van der Waals surface area (Å²) in [4.78, 5) is 1.91. The molecule has 4 heteroatoms. The fraction of sp³-hybridized carbons (Fsp3) is 0.455. The smallest absolute Gasteiger partial charge is 0.147 e. The summed E-state index contributed by atoms with van der Waals surface area (Å²) in [5, 5.41) is 0. The largest absolute Gasteiger partial charge is 0.369 e. The Labute approximate surface area is 96.2 Å². The molecule has 0 amide bonds. The Balaban J connectivity index is 2.30. The molecular formula is C11H12BrF2N. The third-order valence-corrected chi connectivity index (χ3v) is 3.29. The first-order valence-electron chi connectivity index (χ1n) is 5.08. The van der Waals surface area contributed by atoms with E-state index in [1.165, 1.54) is 18.6 Å². The molecule has 0 spiro atoms. The van der Waals surface area contributed by atoms with Crippen LogP contribution in [-0.4, -0.2) is 13.1 Å². The topological polar surface area (TPSA) is 3.24 Å². The minimum absolute atomic E-state index is 0.181. The highest BCUT2D eigenvalue weighted by molar-refractivity contribution is 9.10. The number of piperidine rings is 1. The van der Waals surface area contributed by atoms with Gasteiger partial charge in [0, 0.05) is 19.2 Å². The van der Waals surface area contributed by atoms with Crippen molar-refractivity contribution in [2.75, 3.05) is 18.0 Å². The van der Waals surface area contributed by atoms with Crippen LogP contribution in [0.4, 0.5) is 14.5 Å². The van der Waals surface area contributed by atoms with Gasteiger partial charge in [-0.1, -0.05) is 0 Å². The van der Waals surface area contributed by atoms with Crippen molar-refractivity contribution in [3.05, 3.63) is 28.2 Å². The van der Waals surface area contributed by atoms with Crippen LogP contribution in [0, 0.1) is 11.6 Å². The Hall–Kier alpha value is -0.640. The standard InChI is InChI=1S/C11H12BrF2N/c12-8-6-10(14)11(7-9(8)13)15-4-2-1-3-5-15/h6-7H,1-5H2. The lowest BCUT2D eigenvalue weighted by atomic mass is 10.1. The summed E-state index contributed by atoms with van der Waals surface area (Å²) in [6.07, 6.45) is 3.28. The molecule has 0 radical (unpaired) electrons. The van der Waals surface area contributed by atoms with Crippen molar-refractivity contribution in [1.82, 2.24) is 0 Å². The Kier molecular flexibility index (Phi) is 3.24. The molecule has 1 fully saturated rings. The van der Waals surface area contributed by atoms with Crippen LogP contribution in [0.5, 0.6) is 0 Å². The van der Waals surface area contributed by atoms with Gasteiger partial charge in [0.15, 0.2) is 0 Å². The Morgan fingerprint density at radius 1 is 1.00 bits per heavy atom. The van der Waals surface area contributed by atoms with E-state index in [0.29, 0.717) is 5.69 Å². The minimum atomic E-state index is -0.406. The van der Waals surface area contributed by atoms with Crippen LogP contribution < -0.4 is 4.90 Å². The summed E-state index contributed by atoms with van der Waals surface area (Å²) < 4.78 is 27.0. The van der Waals surface area contributed by atoms with E-state index in [2.05, 4.69) is 15.9 Å². The molecule has 0 unspecified atom stereocenters. The van der Waals surface area contributed by atoms with Crippen molar-refractivity contribution in [2.45, 2.75) is 19.3 Å². The maximum absolute atomic E-state index is 13.6. The molecule has 1 heterocycles. The van der Waals surface area contributed by atoms with Crippen LogP contribution in [0.25, 0.3) is 0 Å². The third kappa shape index (κ3) is 2.30. The van der Waals surface area contributed by atoms with Crippen LogP contribution in [0.15, 0.2) is 16.6 Å². The molecule has 0 aromatic heterocycles. The van der Waals surface area contributed by atoms with E-state index in [0.717, 1.165) is 25.9 Å². The summed E-state index contributed by atoms with van der Waals surface area (Å²) in [6.45, 7) is 1.63. The predicted octanol–water partition coefficient (Wildman–Crippen LogP) is 3.72. The highest BCUT2D eigenvalue weighted by Crippen LogP contribution is 2.28. The molecule has 1 nitrogen and oxygen atoms in total. The highest BCUT2D eigenvalue weighted by Gasteiger charge is 2.16. The van der Waals surface area contributed by atoms with Gasteiger partial charge in [-0.15, -0.1) is 0 Å².